The molecule has 0 unspecified atom stereocenters. The van der Waals surface area contributed by atoms with Crippen LogP contribution in [0.5, 0.6) is 5.88 Å². The Morgan fingerprint density at radius 3 is 2.39 bits per heavy atom. The van der Waals surface area contributed by atoms with Gasteiger partial charge in [-0.25, -0.2) is 4.79 Å². The third-order valence-corrected chi connectivity index (χ3v) is 4.40. The molecule has 162 valence electrons. The van der Waals surface area contributed by atoms with E-state index in [1.54, 1.807) is 30.3 Å². The molecule has 31 heavy (non-hydrogen) atoms. The molecule has 2 N–H and O–H groups in total. The lowest BCUT2D eigenvalue weighted by Crippen LogP contribution is -2.36. The number of aromatic nitrogens is 2. The van der Waals surface area contributed by atoms with Gasteiger partial charge >= 0.3 is 12.1 Å². The molecule has 0 fully saturated rings. The van der Waals surface area contributed by atoms with E-state index in [2.05, 4.69) is 10.4 Å². The first-order valence-electron chi connectivity index (χ1n) is 8.79. The van der Waals surface area contributed by atoms with Crippen molar-refractivity contribution in [2.24, 2.45) is 0 Å². The van der Waals surface area contributed by atoms with Crippen molar-refractivity contribution in [2.75, 3.05) is 6.61 Å². The van der Waals surface area contributed by atoms with Crippen LogP contribution >= 0.6 is 11.6 Å². The highest BCUT2D eigenvalue weighted by Crippen LogP contribution is 2.33. The zero-order valence-electron chi connectivity index (χ0n) is 15.6. The van der Waals surface area contributed by atoms with Crippen molar-refractivity contribution in [3.63, 3.8) is 0 Å². The number of nitrogens with one attached hydrogen (secondary N) is 1. The van der Waals surface area contributed by atoms with Gasteiger partial charge in [0.25, 0.3) is 5.91 Å². The summed E-state index contributed by atoms with van der Waals surface area (Å²) in [6.07, 6.45) is -4.76. The molecule has 1 amide bonds. The number of para-hydroxylation sites is 1. The number of carboxylic acid groups (broad SMARTS) is 1. The van der Waals surface area contributed by atoms with Crippen molar-refractivity contribution < 1.29 is 32.6 Å². The van der Waals surface area contributed by atoms with Gasteiger partial charge in [-0.15, -0.1) is 0 Å². The number of halogens is 4. The summed E-state index contributed by atoms with van der Waals surface area (Å²) < 4.78 is 45.5. The monoisotopic (exact) mass is 453 g/mol. The van der Waals surface area contributed by atoms with Crippen LogP contribution in [0.2, 0.25) is 5.02 Å². The molecule has 0 spiro atoms. The van der Waals surface area contributed by atoms with E-state index in [0.29, 0.717) is 11.6 Å². The number of amides is 1. The van der Waals surface area contributed by atoms with E-state index in [1.165, 1.54) is 24.3 Å². The highest BCUT2D eigenvalue weighted by molar-refractivity contribution is 6.32. The van der Waals surface area contributed by atoms with Gasteiger partial charge in [0, 0.05) is 6.07 Å². The number of benzene rings is 2. The van der Waals surface area contributed by atoms with Crippen molar-refractivity contribution in [3.05, 3.63) is 76.9 Å². The molecule has 0 saturated carbocycles. The van der Waals surface area contributed by atoms with Gasteiger partial charge in [-0.05, 0) is 17.7 Å². The molecular weight excluding hydrogens is 439 g/mol. The molecule has 3 aromatic rings. The van der Waals surface area contributed by atoms with Crippen LogP contribution in [0.25, 0.3) is 5.69 Å². The first kappa shape index (κ1) is 22.2. The smallest absolute Gasteiger partial charge is 0.435 e. The van der Waals surface area contributed by atoms with E-state index in [1.807, 2.05) is 0 Å². The summed E-state index contributed by atoms with van der Waals surface area (Å²) in [5, 5.41) is 15.2. The van der Waals surface area contributed by atoms with Crippen LogP contribution < -0.4 is 10.1 Å². The number of hydrogen-bond donors (Lipinski definition) is 2. The maximum absolute atomic E-state index is 13.1. The zero-order chi connectivity index (χ0) is 22.6. The molecule has 0 aliphatic carbocycles. The summed E-state index contributed by atoms with van der Waals surface area (Å²) in [6, 6.07) is 13.2. The molecule has 0 aliphatic heterocycles. The van der Waals surface area contributed by atoms with E-state index >= 15 is 0 Å². The topological polar surface area (TPSA) is 93.5 Å². The summed E-state index contributed by atoms with van der Waals surface area (Å²) in [4.78, 5) is 23.7. The lowest BCUT2D eigenvalue weighted by atomic mass is 10.1. The lowest BCUT2D eigenvalue weighted by molar-refractivity contribution is -0.142. The number of rotatable bonds is 7. The molecule has 1 atom stereocenters. The Bertz CT molecular complexity index is 1090. The Morgan fingerprint density at radius 2 is 1.77 bits per heavy atom. The lowest BCUT2D eigenvalue weighted by Gasteiger charge is -2.15. The second-order valence-corrected chi connectivity index (χ2v) is 6.67. The predicted octanol–water partition coefficient (Wildman–Crippen LogP) is 3.87. The molecule has 3 rings (SSSR count). The van der Waals surface area contributed by atoms with Gasteiger partial charge in [-0.1, -0.05) is 54.1 Å². The maximum atomic E-state index is 13.1. The molecule has 1 heterocycles. The fraction of sp³-hybridized carbons (Fsp3) is 0.150. The fourth-order valence-electron chi connectivity index (χ4n) is 2.68. The van der Waals surface area contributed by atoms with Crippen molar-refractivity contribution in [3.8, 4) is 11.6 Å². The number of carbonyl (C=O) groups excluding carboxylic acids is 1. The van der Waals surface area contributed by atoms with Crippen LogP contribution in [0.4, 0.5) is 13.2 Å². The second kappa shape index (κ2) is 9.09. The van der Waals surface area contributed by atoms with Crippen LogP contribution in [0.1, 0.15) is 17.3 Å². The minimum Gasteiger partial charge on any atom is -0.479 e. The number of nitrogens with zero attached hydrogens (tertiary/aromatic N) is 2. The molecule has 0 aliphatic rings. The molecule has 1 aromatic heterocycles. The fourth-order valence-corrected chi connectivity index (χ4v) is 2.89. The van der Waals surface area contributed by atoms with Gasteiger partial charge < -0.3 is 15.2 Å². The Labute approximate surface area is 179 Å². The van der Waals surface area contributed by atoms with E-state index in [-0.39, 0.29) is 16.6 Å². The number of carboxylic acids is 1. The van der Waals surface area contributed by atoms with Gasteiger partial charge in [-0.3, -0.25) is 4.79 Å². The first-order chi connectivity index (χ1) is 14.7. The average Bonchev–Trinajstić information content (AvgIpc) is 3.16. The van der Waals surface area contributed by atoms with Crippen LogP contribution in [-0.4, -0.2) is 33.4 Å². The van der Waals surface area contributed by atoms with Gasteiger partial charge in [0.05, 0.1) is 10.7 Å². The number of aliphatic carboxylic acids is 1. The van der Waals surface area contributed by atoms with Crippen molar-refractivity contribution in [1.82, 2.24) is 15.1 Å². The largest absolute Gasteiger partial charge is 0.479 e. The van der Waals surface area contributed by atoms with E-state index in [4.69, 9.17) is 16.3 Å². The van der Waals surface area contributed by atoms with Crippen molar-refractivity contribution in [1.29, 1.82) is 0 Å². The average molecular weight is 454 g/mol. The standard InChI is InChI=1S/C20H15ClF3N3O4/c21-13-8-4-5-9-14(13)27-17(10-15(26-27)20(22,23)24)31-11-16(28)25-18(19(29)30)12-6-2-1-3-7-12/h1-10,18H,11H2,(H,25,28)(H,29,30)/t18-/m0/s1. The summed E-state index contributed by atoms with van der Waals surface area (Å²) in [5.41, 5.74) is -0.804. The highest BCUT2D eigenvalue weighted by atomic mass is 35.5. The number of ether oxygens (including phenoxy) is 1. The summed E-state index contributed by atoms with van der Waals surface area (Å²) in [6.45, 7) is -0.746. The minimum absolute atomic E-state index is 0.114. The first-order valence-corrected chi connectivity index (χ1v) is 9.16. The van der Waals surface area contributed by atoms with Crippen LogP contribution in [0, 0.1) is 0 Å². The van der Waals surface area contributed by atoms with Crippen LogP contribution in [0.15, 0.2) is 60.7 Å². The number of carbonyl (C=O) groups is 2. The molecule has 11 heteroatoms. The highest BCUT2D eigenvalue weighted by Gasteiger charge is 2.36. The Hall–Kier alpha value is -3.53. The van der Waals surface area contributed by atoms with E-state index in [9.17, 15) is 27.9 Å². The molecule has 7 nitrogen and oxygen atoms in total. The van der Waals surface area contributed by atoms with Gasteiger partial charge in [0.1, 0.15) is 0 Å². The minimum atomic E-state index is -4.76. The quantitative estimate of drug-likeness (QED) is 0.566. The maximum Gasteiger partial charge on any atom is 0.435 e. The molecular formula is C20H15ClF3N3O4. The third-order valence-electron chi connectivity index (χ3n) is 4.08. The Morgan fingerprint density at radius 1 is 1.13 bits per heavy atom. The van der Waals surface area contributed by atoms with Crippen molar-refractivity contribution in [2.45, 2.75) is 12.2 Å². The molecule has 2 aromatic carbocycles. The SMILES string of the molecule is O=C(COc1cc(C(F)(F)F)nn1-c1ccccc1Cl)N[C@H](C(=O)O)c1ccccc1. The van der Waals surface area contributed by atoms with Gasteiger partial charge in [0.2, 0.25) is 5.88 Å². The molecule has 0 bridgehead atoms. The summed E-state index contributed by atoms with van der Waals surface area (Å²) in [7, 11) is 0. The number of hydrogen-bond acceptors (Lipinski definition) is 4. The number of alkyl halides is 3. The zero-order valence-corrected chi connectivity index (χ0v) is 16.4. The van der Waals surface area contributed by atoms with Gasteiger partial charge in [-0.2, -0.15) is 23.0 Å². The molecule has 0 radical (unpaired) electrons. The van der Waals surface area contributed by atoms with Crippen LogP contribution in [0.3, 0.4) is 0 Å². The van der Waals surface area contributed by atoms with E-state index in [0.717, 1.165) is 4.68 Å². The van der Waals surface area contributed by atoms with Crippen LogP contribution in [-0.2, 0) is 15.8 Å². The van der Waals surface area contributed by atoms with Gasteiger partial charge in [0.15, 0.2) is 18.3 Å². The Balaban J connectivity index is 1.80. The molecule has 0 saturated heterocycles. The van der Waals surface area contributed by atoms with E-state index < -0.39 is 36.4 Å². The second-order valence-electron chi connectivity index (χ2n) is 6.27. The summed E-state index contributed by atoms with van der Waals surface area (Å²) in [5.74, 6) is -2.54. The Kier molecular flexibility index (Phi) is 6.50. The predicted molar refractivity (Wildman–Crippen MR) is 104 cm³/mol. The summed E-state index contributed by atoms with van der Waals surface area (Å²) >= 11 is 6.05. The normalized spacial score (nSPS) is 12.3. The third kappa shape index (κ3) is 5.34. The van der Waals surface area contributed by atoms with Crippen molar-refractivity contribution >= 4 is 23.5 Å².